The topological polar surface area (TPSA) is 0 Å². The summed E-state index contributed by atoms with van der Waals surface area (Å²) < 4.78 is 0. The summed E-state index contributed by atoms with van der Waals surface area (Å²) >= 11 is 0. The first-order valence-corrected chi connectivity index (χ1v) is 13.2. The molecule has 0 radical (unpaired) electrons. The lowest BCUT2D eigenvalue weighted by atomic mass is 10.2. The van der Waals surface area contributed by atoms with Gasteiger partial charge in [0.15, 0.2) is 0 Å². The standard InChI is InChI=1S/C13H12S5/c1-3-7-12(8-4-1)11-18(16-14-15-17-18)13-9-5-2-6-10-13/h1-10H,11H2. The molecule has 2 aromatic rings. The van der Waals surface area contributed by atoms with Gasteiger partial charge >= 0.3 is 0 Å². The molecule has 0 nitrogen and oxygen atoms in total. The van der Waals surface area contributed by atoms with Crippen molar-refractivity contribution in [2.75, 3.05) is 0 Å². The van der Waals surface area contributed by atoms with E-state index in [1.54, 1.807) is 0 Å². The summed E-state index contributed by atoms with van der Waals surface area (Å²) in [4.78, 5) is 1.50. The minimum atomic E-state index is -0.834. The normalized spacial score (nSPS) is 19.6. The van der Waals surface area contributed by atoms with Crippen molar-refractivity contribution in [1.29, 1.82) is 0 Å². The lowest BCUT2D eigenvalue weighted by Crippen LogP contribution is -1.93. The Hall–Kier alpha value is 0.190. The maximum Gasteiger partial charge on any atom is 0.0255 e. The quantitative estimate of drug-likeness (QED) is 0.584. The van der Waals surface area contributed by atoms with E-state index < -0.39 is 8.09 Å². The van der Waals surface area contributed by atoms with Crippen molar-refractivity contribution in [3.63, 3.8) is 0 Å². The summed E-state index contributed by atoms with van der Waals surface area (Å²) in [6.07, 6.45) is 0. The molecule has 3 rings (SSSR count). The van der Waals surface area contributed by atoms with Gasteiger partial charge in [-0.15, -0.1) is 0 Å². The zero-order chi connectivity index (χ0) is 12.3. The van der Waals surface area contributed by atoms with Crippen LogP contribution in [-0.2, 0) is 5.75 Å². The third-order valence-electron chi connectivity index (χ3n) is 2.60. The average Bonchev–Trinajstić information content (AvgIpc) is 2.91. The zero-order valence-corrected chi connectivity index (χ0v) is 13.6. The first kappa shape index (κ1) is 13.2. The molecule has 0 atom stereocenters. The van der Waals surface area contributed by atoms with Crippen molar-refractivity contribution in [1.82, 2.24) is 0 Å². The first-order valence-electron chi connectivity index (χ1n) is 5.50. The predicted molar refractivity (Wildman–Crippen MR) is 92.8 cm³/mol. The molecule has 0 saturated carbocycles. The second kappa shape index (κ2) is 6.09. The van der Waals surface area contributed by atoms with Crippen LogP contribution in [0.25, 0.3) is 0 Å². The highest BCUT2D eigenvalue weighted by atomic mass is 34.1. The van der Waals surface area contributed by atoms with Gasteiger partial charge < -0.3 is 0 Å². The van der Waals surface area contributed by atoms with E-state index in [9.17, 15) is 0 Å². The van der Waals surface area contributed by atoms with Crippen molar-refractivity contribution in [3.8, 4) is 0 Å². The highest BCUT2D eigenvalue weighted by Crippen LogP contribution is 2.90. The van der Waals surface area contributed by atoms with Crippen molar-refractivity contribution in [2.45, 2.75) is 10.6 Å². The molecule has 0 N–H and O–H groups in total. The highest BCUT2D eigenvalue weighted by molar-refractivity contribution is 9.66. The number of hydrogen-bond acceptors (Lipinski definition) is 4. The van der Waals surface area contributed by atoms with Gasteiger partial charge in [0.1, 0.15) is 0 Å². The molecular formula is C13H12S5. The fraction of sp³-hybridized carbons (Fsp3) is 0.0769. The van der Waals surface area contributed by atoms with Crippen LogP contribution in [0.4, 0.5) is 0 Å². The maximum absolute atomic E-state index is 2.28. The van der Waals surface area contributed by atoms with Crippen LogP contribution in [0.2, 0.25) is 0 Å². The fourth-order valence-electron chi connectivity index (χ4n) is 1.76. The Morgan fingerprint density at radius 2 is 1.28 bits per heavy atom. The van der Waals surface area contributed by atoms with Gasteiger partial charge in [-0.05, 0) is 57.0 Å². The number of rotatable bonds is 3. The van der Waals surface area contributed by atoms with Crippen LogP contribution in [-0.4, -0.2) is 0 Å². The highest BCUT2D eigenvalue weighted by Gasteiger charge is 2.34. The molecule has 1 fully saturated rings. The van der Waals surface area contributed by atoms with Gasteiger partial charge in [0, 0.05) is 10.6 Å². The first-order chi connectivity index (χ1) is 8.89. The van der Waals surface area contributed by atoms with E-state index in [-0.39, 0.29) is 0 Å². The Bertz CT molecular complexity index is 493. The summed E-state index contributed by atoms with van der Waals surface area (Å²) in [5.41, 5.74) is 1.44. The Kier molecular flexibility index (Phi) is 4.46. The van der Waals surface area contributed by atoms with Gasteiger partial charge in [-0.1, -0.05) is 56.6 Å². The largest absolute Gasteiger partial charge is 0.0903 e. The SMILES string of the molecule is c1ccc(CS2(c3ccccc3)SSSS2)cc1. The molecule has 1 aliphatic rings. The van der Waals surface area contributed by atoms with E-state index in [1.807, 2.05) is 19.7 Å². The lowest BCUT2D eigenvalue weighted by molar-refractivity contribution is 1.37. The van der Waals surface area contributed by atoms with Crippen molar-refractivity contribution in [2.24, 2.45) is 0 Å². The summed E-state index contributed by atoms with van der Waals surface area (Å²) in [7, 11) is 7.15. The molecule has 0 amide bonds. The predicted octanol–water partition coefficient (Wildman–Crippen LogP) is 6.57. The van der Waals surface area contributed by atoms with Crippen LogP contribution in [0.15, 0.2) is 65.6 Å². The molecule has 5 heteroatoms. The van der Waals surface area contributed by atoms with Crippen LogP contribution in [0.1, 0.15) is 5.56 Å². The average molecular weight is 329 g/mol. The molecule has 0 bridgehead atoms. The van der Waals surface area contributed by atoms with Gasteiger partial charge in [-0.2, -0.15) is 0 Å². The van der Waals surface area contributed by atoms with Crippen LogP contribution >= 0.6 is 47.4 Å². The molecule has 0 aliphatic carbocycles. The monoisotopic (exact) mass is 328 g/mol. The molecule has 18 heavy (non-hydrogen) atoms. The van der Waals surface area contributed by atoms with Crippen molar-refractivity contribution in [3.05, 3.63) is 66.2 Å². The molecule has 1 aliphatic heterocycles. The maximum atomic E-state index is 2.28. The molecule has 2 aromatic carbocycles. The minimum absolute atomic E-state index is 0.834. The van der Waals surface area contributed by atoms with Crippen molar-refractivity contribution < 1.29 is 0 Å². The molecule has 1 saturated heterocycles. The fourth-order valence-corrected chi connectivity index (χ4v) is 27.0. The molecule has 94 valence electrons. The summed E-state index contributed by atoms with van der Waals surface area (Å²) in [6.45, 7) is 0. The Balaban J connectivity index is 1.93. The molecule has 0 spiro atoms. The van der Waals surface area contributed by atoms with Gasteiger partial charge in [0.05, 0.1) is 0 Å². The lowest BCUT2D eigenvalue weighted by Gasteiger charge is -2.31. The second-order valence-corrected chi connectivity index (χ2v) is 16.9. The van der Waals surface area contributed by atoms with Crippen LogP contribution < -0.4 is 0 Å². The minimum Gasteiger partial charge on any atom is -0.0903 e. The zero-order valence-electron chi connectivity index (χ0n) is 9.52. The van der Waals surface area contributed by atoms with E-state index in [4.69, 9.17) is 0 Å². The molecule has 1 heterocycles. The van der Waals surface area contributed by atoms with Gasteiger partial charge in [-0.25, -0.2) is 0 Å². The van der Waals surface area contributed by atoms with E-state index in [2.05, 4.69) is 80.3 Å². The Morgan fingerprint density at radius 3 is 1.89 bits per heavy atom. The van der Waals surface area contributed by atoms with Gasteiger partial charge in [-0.3, -0.25) is 0 Å². The smallest absolute Gasteiger partial charge is 0.0255 e. The van der Waals surface area contributed by atoms with Gasteiger partial charge in [0.25, 0.3) is 0 Å². The van der Waals surface area contributed by atoms with E-state index >= 15 is 0 Å². The third kappa shape index (κ3) is 2.85. The Labute approximate surface area is 123 Å². The van der Waals surface area contributed by atoms with Crippen LogP contribution in [0, 0.1) is 0 Å². The molecule has 0 unspecified atom stereocenters. The van der Waals surface area contributed by atoms with Crippen molar-refractivity contribution >= 4 is 47.4 Å². The number of benzene rings is 2. The van der Waals surface area contributed by atoms with Crippen LogP contribution in [0.3, 0.4) is 0 Å². The van der Waals surface area contributed by atoms with Gasteiger partial charge in [0.2, 0.25) is 0 Å². The molecule has 0 aromatic heterocycles. The summed E-state index contributed by atoms with van der Waals surface area (Å²) in [6, 6.07) is 21.8. The molecular weight excluding hydrogens is 316 g/mol. The Morgan fingerprint density at radius 1 is 0.722 bits per heavy atom. The summed E-state index contributed by atoms with van der Waals surface area (Å²) in [5, 5.41) is 0. The van der Waals surface area contributed by atoms with E-state index in [0.717, 1.165) is 5.75 Å². The van der Waals surface area contributed by atoms with E-state index in [1.165, 1.54) is 10.5 Å². The third-order valence-corrected chi connectivity index (χ3v) is 21.6. The van der Waals surface area contributed by atoms with E-state index in [0.29, 0.717) is 0 Å². The summed E-state index contributed by atoms with van der Waals surface area (Å²) in [5.74, 6) is 1.16. The number of hydrogen-bond donors (Lipinski definition) is 0. The second-order valence-electron chi connectivity index (χ2n) is 3.83. The van der Waals surface area contributed by atoms with Crippen LogP contribution in [0.5, 0.6) is 0 Å².